The molecule has 7 nitrogen and oxygen atoms in total. The van der Waals surface area contributed by atoms with Crippen LogP contribution < -0.4 is 15.4 Å². The van der Waals surface area contributed by atoms with Crippen molar-refractivity contribution >= 4 is 23.5 Å². The number of hydrogen-bond donors (Lipinski definition) is 1. The van der Waals surface area contributed by atoms with E-state index in [9.17, 15) is 9.59 Å². The number of carbonyl (C=O) groups excluding carboxylic acids is 2. The first-order valence-corrected chi connectivity index (χ1v) is 8.73. The van der Waals surface area contributed by atoms with Crippen molar-refractivity contribution in [1.82, 2.24) is 4.98 Å². The van der Waals surface area contributed by atoms with Crippen LogP contribution >= 0.6 is 0 Å². The Morgan fingerprint density at radius 3 is 2.72 bits per heavy atom. The van der Waals surface area contributed by atoms with Gasteiger partial charge < -0.3 is 15.2 Å². The topological polar surface area (TPSA) is 94.8 Å². The van der Waals surface area contributed by atoms with Crippen molar-refractivity contribution in [3.05, 3.63) is 12.1 Å². The molecule has 0 radical (unpaired) electrons. The average molecular weight is 347 g/mol. The maximum Gasteiger partial charge on any atom is 0.326 e. The molecule has 0 bridgehead atoms. The van der Waals surface area contributed by atoms with Crippen molar-refractivity contribution in [2.75, 3.05) is 17.2 Å². The molecule has 25 heavy (non-hydrogen) atoms. The summed E-state index contributed by atoms with van der Waals surface area (Å²) in [5.74, 6) is 0.856. The Bertz CT molecular complexity index is 681. The lowest BCUT2D eigenvalue weighted by molar-refractivity contribution is -0.150. The molecule has 136 valence electrons. The smallest absolute Gasteiger partial charge is 0.326 e. The Labute approximate surface area is 147 Å². The number of aromatic nitrogens is 1. The lowest BCUT2D eigenvalue weighted by Crippen LogP contribution is -2.54. The minimum atomic E-state index is -1.08. The third-order valence-corrected chi connectivity index (χ3v) is 4.79. The van der Waals surface area contributed by atoms with Gasteiger partial charge in [0.15, 0.2) is 17.2 Å². The van der Waals surface area contributed by atoms with Crippen LogP contribution in [-0.4, -0.2) is 35.1 Å². The number of pyridine rings is 1. The summed E-state index contributed by atoms with van der Waals surface area (Å²) in [5.41, 5.74) is 4.65. The van der Waals surface area contributed by atoms with Gasteiger partial charge in [0.2, 0.25) is 0 Å². The zero-order chi connectivity index (χ0) is 18.2. The number of nitrogen functional groups attached to an aromatic ring is 1. The fourth-order valence-electron chi connectivity index (χ4n) is 3.31. The molecule has 1 aromatic rings. The third-order valence-electron chi connectivity index (χ3n) is 4.79. The van der Waals surface area contributed by atoms with E-state index in [1.165, 1.54) is 4.90 Å². The second kappa shape index (κ2) is 6.54. The first-order valence-electron chi connectivity index (χ1n) is 8.73. The zero-order valence-electron chi connectivity index (χ0n) is 14.9. The standard InChI is InChI=1S/C18H25N3O4/c1-11-4-6-12(7-5-11)24-15(22)10-21-16-13(8-9-14(19)20-16)25-18(2,3)17(21)23/h8-9,11-12H,4-7,10H2,1-3H3,(H2,19,20). The molecule has 7 heteroatoms. The van der Waals surface area contributed by atoms with Crippen molar-refractivity contribution in [3.8, 4) is 5.75 Å². The molecule has 1 aliphatic heterocycles. The zero-order valence-corrected chi connectivity index (χ0v) is 14.9. The number of esters is 1. The molecule has 3 rings (SSSR count). The van der Waals surface area contributed by atoms with Gasteiger partial charge in [0.25, 0.3) is 5.91 Å². The number of anilines is 2. The van der Waals surface area contributed by atoms with E-state index in [0.29, 0.717) is 11.7 Å². The third kappa shape index (κ3) is 3.70. The molecule has 1 aliphatic carbocycles. The Morgan fingerprint density at radius 1 is 1.36 bits per heavy atom. The highest BCUT2D eigenvalue weighted by atomic mass is 16.5. The number of rotatable bonds is 3. The summed E-state index contributed by atoms with van der Waals surface area (Å²) in [4.78, 5) is 30.6. The van der Waals surface area contributed by atoms with E-state index in [2.05, 4.69) is 11.9 Å². The highest BCUT2D eigenvalue weighted by Gasteiger charge is 2.43. The highest BCUT2D eigenvalue weighted by Crippen LogP contribution is 2.36. The van der Waals surface area contributed by atoms with Gasteiger partial charge in [-0.25, -0.2) is 4.98 Å². The van der Waals surface area contributed by atoms with Crippen LogP contribution in [0, 0.1) is 5.92 Å². The molecule has 1 amide bonds. The number of carbonyl (C=O) groups is 2. The molecule has 0 spiro atoms. The van der Waals surface area contributed by atoms with Crippen molar-refractivity contribution in [2.45, 2.75) is 58.2 Å². The van der Waals surface area contributed by atoms with E-state index in [-0.39, 0.29) is 30.2 Å². The van der Waals surface area contributed by atoms with Crippen LogP contribution in [-0.2, 0) is 14.3 Å². The van der Waals surface area contributed by atoms with Gasteiger partial charge in [-0.1, -0.05) is 6.92 Å². The summed E-state index contributed by atoms with van der Waals surface area (Å²) in [7, 11) is 0. The van der Waals surface area contributed by atoms with Gasteiger partial charge in [-0.05, 0) is 57.6 Å². The molecule has 0 saturated heterocycles. The van der Waals surface area contributed by atoms with Crippen molar-refractivity contribution in [3.63, 3.8) is 0 Å². The monoisotopic (exact) mass is 347 g/mol. The fraction of sp³-hybridized carbons (Fsp3) is 0.611. The van der Waals surface area contributed by atoms with E-state index in [0.717, 1.165) is 25.7 Å². The van der Waals surface area contributed by atoms with E-state index in [1.54, 1.807) is 26.0 Å². The van der Waals surface area contributed by atoms with Crippen LogP contribution in [0.1, 0.15) is 46.5 Å². The van der Waals surface area contributed by atoms with Crippen LogP contribution in [0.15, 0.2) is 12.1 Å². The van der Waals surface area contributed by atoms with E-state index < -0.39 is 11.6 Å². The lowest BCUT2D eigenvalue weighted by Gasteiger charge is -2.37. The maximum absolute atomic E-state index is 12.7. The average Bonchev–Trinajstić information content (AvgIpc) is 2.55. The van der Waals surface area contributed by atoms with Crippen molar-refractivity contribution in [2.24, 2.45) is 5.92 Å². The number of nitrogens with zero attached hydrogens (tertiary/aromatic N) is 2. The van der Waals surface area contributed by atoms with Crippen molar-refractivity contribution < 1.29 is 19.1 Å². The summed E-state index contributed by atoms with van der Waals surface area (Å²) in [5, 5.41) is 0. The summed E-state index contributed by atoms with van der Waals surface area (Å²) in [6, 6.07) is 3.26. The van der Waals surface area contributed by atoms with Crippen LogP contribution in [0.5, 0.6) is 5.75 Å². The Kier molecular flexibility index (Phi) is 4.58. The van der Waals surface area contributed by atoms with Gasteiger partial charge in [-0.3, -0.25) is 14.5 Å². The Balaban J connectivity index is 1.75. The number of ether oxygens (including phenoxy) is 2. The van der Waals surface area contributed by atoms with Crippen LogP contribution in [0.2, 0.25) is 0 Å². The minimum Gasteiger partial charge on any atom is -0.474 e. The van der Waals surface area contributed by atoms with Crippen LogP contribution in [0.3, 0.4) is 0 Å². The number of fused-ring (bicyclic) bond motifs is 1. The molecular formula is C18H25N3O4. The summed E-state index contributed by atoms with van der Waals surface area (Å²) in [6.07, 6.45) is 3.79. The second-order valence-electron chi connectivity index (χ2n) is 7.43. The van der Waals surface area contributed by atoms with E-state index >= 15 is 0 Å². The van der Waals surface area contributed by atoms with Crippen LogP contribution in [0.4, 0.5) is 11.6 Å². The Hall–Kier alpha value is -2.31. The Morgan fingerprint density at radius 2 is 2.04 bits per heavy atom. The normalized spacial score (nSPS) is 25.1. The molecule has 2 N–H and O–H groups in total. The van der Waals surface area contributed by atoms with E-state index in [4.69, 9.17) is 15.2 Å². The van der Waals surface area contributed by atoms with Gasteiger partial charge in [0.1, 0.15) is 18.5 Å². The lowest BCUT2D eigenvalue weighted by atomic mass is 9.89. The van der Waals surface area contributed by atoms with E-state index in [1.807, 2.05) is 0 Å². The predicted octanol–water partition coefficient (Wildman–Crippen LogP) is 2.29. The SMILES string of the molecule is CC1CCC(OC(=O)CN2C(=O)C(C)(C)Oc3ccc(N)nc32)CC1. The van der Waals surface area contributed by atoms with Gasteiger partial charge >= 0.3 is 5.97 Å². The maximum atomic E-state index is 12.7. The molecule has 0 unspecified atom stereocenters. The molecule has 1 aromatic heterocycles. The van der Waals surface area contributed by atoms with Gasteiger partial charge in [-0.2, -0.15) is 0 Å². The fourth-order valence-corrected chi connectivity index (χ4v) is 3.31. The first kappa shape index (κ1) is 17.5. The molecule has 2 heterocycles. The first-order chi connectivity index (χ1) is 11.8. The van der Waals surface area contributed by atoms with Gasteiger partial charge in [0, 0.05) is 0 Å². The number of nitrogens with two attached hydrogens (primary N) is 1. The minimum absolute atomic E-state index is 0.0684. The summed E-state index contributed by atoms with van der Waals surface area (Å²) in [6.45, 7) is 5.34. The summed E-state index contributed by atoms with van der Waals surface area (Å²) < 4.78 is 11.3. The molecule has 1 fully saturated rings. The molecule has 2 aliphatic rings. The van der Waals surface area contributed by atoms with Crippen molar-refractivity contribution in [1.29, 1.82) is 0 Å². The number of amides is 1. The predicted molar refractivity (Wildman–Crippen MR) is 93.2 cm³/mol. The number of hydrogen-bond acceptors (Lipinski definition) is 6. The molecule has 0 atom stereocenters. The van der Waals surface area contributed by atoms with Crippen LogP contribution in [0.25, 0.3) is 0 Å². The molecule has 0 aromatic carbocycles. The quantitative estimate of drug-likeness (QED) is 0.843. The molecular weight excluding hydrogens is 322 g/mol. The second-order valence-corrected chi connectivity index (χ2v) is 7.43. The highest BCUT2D eigenvalue weighted by molar-refractivity contribution is 6.04. The van der Waals surface area contributed by atoms with Gasteiger partial charge in [0.05, 0.1) is 0 Å². The van der Waals surface area contributed by atoms with Gasteiger partial charge in [-0.15, -0.1) is 0 Å². The largest absolute Gasteiger partial charge is 0.474 e. The molecule has 1 saturated carbocycles. The summed E-state index contributed by atoms with van der Waals surface area (Å²) >= 11 is 0.